The highest BCUT2D eigenvalue weighted by atomic mass is 16.8. The summed E-state index contributed by atoms with van der Waals surface area (Å²) in [5.74, 6) is -0.482. The van der Waals surface area contributed by atoms with Crippen molar-refractivity contribution in [1.29, 1.82) is 0 Å². The van der Waals surface area contributed by atoms with Gasteiger partial charge in [-0.2, -0.15) is 5.06 Å². The SMILES string of the molecule is CC1C2ON(C(=O)OCc3ccccc3)C1C1OC(C)(C)OC21. The summed E-state index contributed by atoms with van der Waals surface area (Å²) in [7, 11) is 0. The van der Waals surface area contributed by atoms with E-state index in [9.17, 15) is 4.79 Å². The average molecular weight is 319 g/mol. The van der Waals surface area contributed by atoms with Crippen molar-refractivity contribution in [3.63, 3.8) is 0 Å². The molecule has 1 saturated carbocycles. The molecule has 2 bridgehead atoms. The van der Waals surface area contributed by atoms with Crippen molar-refractivity contribution in [2.45, 2.75) is 57.5 Å². The molecule has 5 unspecified atom stereocenters. The fourth-order valence-electron chi connectivity index (χ4n) is 3.78. The Bertz CT molecular complexity index is 604. The van der Waals surface area contributed by atoms with Crippen LogP contribution in [0.5, 0.6) is 0 Å². The molecule has 3 fully saturated rings. The van der Waals surface area contributed by atoms with Gasteiger partial charge in [-0.3, -0.25) is 4.84 Å². The molecule has 0 radical (unpaired) electrons. The molecular weight excluding hydrogens is 298 g/mol. The lowest BCUT2D eigenvalue weighted by molar-refractivity contribution is -0.203. The summed E-state index contributed by atoms with van der Waals surface area (Å²) in [6, 6.07) is 9.41. The van der Waals surface area contributed by atoms with E-state index in [0.717, 1.165) is 5.56 Å². The van der Waals surface area contributed by atoms with E-state index < -0.39 is 11.9 Å². The Morgan fingerprint density at radius 3 is 2.61 bits per heavy atom. The van der Waals surface area contributed by atoms with Crippen LogP contribution in [0.3, 0.4) is 0 Å². The van der Waals surface area contributed by atoms with E-state index in [-0.39, 0.29) is 36.9 Å². The Morgan fingerprint density at radius 1 is 1.17 bits per heavy atom. The summed E-state index contributed by atoms with van der Waals surface area (Å²) < 4.78 is 17.3. The van der Waals surface area contributed by atoms with Gasteiger partial charge in [0.2, 0.25) is 0 Å². The molecule has 2 heterocycles. The second kappa shape index (κ2) is 5.19. The molecule has 23 heavy (non-hydrogen) atoms. The number of hydrogen-bond acceptors (Lipinski definition) is 5. The van der Waals surface area contributed by atoms with Crippen molar-refractivity contribution in [2.24, 2.45) is 5.92 Å². The van der Waals surface area contributed by atoms with Crippen LogP contribution in [-0.2, 0) is 25.7 Å². The molecular formula is C17H21NO5. The first-order valence-corrected chi connectivity index (χ1v) is 7.98. The minimum atomic E-state index is -0.640. The third kappa shape index (κ3) is 2.41. The van der Waals surface area contributed by atoms with Gasteiger partial charge in [0, 0.05) is 5.92 Å². The molecule has 0 spiro atoms. The number of fused-ring (bicyclic) bond motifs is 5. The topological polar surface area (TPSA) is 57.2 Å². The predicted octanol–water partition coefficient (Wildman–Crippen LogP) is 2.48. The molecule has 2 saturated heterocycles. The maximum Gasteiger partial charge on any atom is 0.434 e. The molecule has 124 valence electrons. The number of amides is 1. The predicted molar refractivity (Wildman–Crippen MR) is 80.1 cm³/mol. The fourth-order valence-corrected chi connectivity index (χ4v) is 3.78. The molecule has 0 N–H and O–H groups in total. The number of nitrogens with zero attached hydrogens (tertiary/aromatic N) is 1. The van der Waals surface area contributed by atoms with E-state index in [2.05, 4.69) is 6.92 Å². The minimum absolute atomic E-state index is 0.122. The number of hydrogen-bond donors (Lipinski definition) is 0. The third-order valence-electron chi connectivity index (χ3n) is 4.77. The van der Waals surface area contributed by atoms with Crippen molar-refractivity contribution in [3.8, 4) is 0 Å². The maximum absolute atomic E-state index is 12.4. The first-order valence-electron chi connectivity index (χ1n) is 7.98. The maximum atomic E-state index is 12.4. The van der Waals surface area contributed by atoms with Gasteiger partial charge in [0.05, 0.1) is 6.04 Å². The van der Waals surface area contributed by atoms with E-state index in [1.165, 1.54) is 5.06 Å². The lowest BCUT2D eigenvalue weighted by Gasteiger charge is -2.31. The standard InChI is InChI=1S/C17H21NO5/c1-10-12-14-15(22-17(2,3)21-14)13(10)23-18(12)16(19)20-9-11-7-5-4-6-8-11/h4-8,10,12-15H,9H2,1-3H3. The summed E-state index contributed by atoms with van der Waals surface area (Å²) in [5, 5.41) is 1.34. The highest BCUT2D eigenvalue weighted by Crippen LogP contribution is 2.49. The zero-order chi connectivity index (χ0) is 16.2. The largest absolute Gasteiger partial charge is 0.443 e. The number of ether oxygens (including phenoxy) is 3. The van der Waals surface area contributed by atoms with Crippen LogP contribution in [0.2, 0.25) is 0 Å². The van der Waals surface area contributed by atoms with Gasteiger partial charge in [-0.05, 0) is 19.4 Å². The van der Waals surface area contributed by atoms with Crippen LogP contribution in [0.4, 0.5) is 4.79 Å². The normalized spacial score (nSPS) is 37.0. The Balaban J connectivity index is 1.44. The molecule has 1 amide bonds. The van der Waals surface area contributed by atoms with E-state index >= 15 is 0 Å². The van der Waals surface area contributed by atoms with Crippen molar-refractivity contribution in [1.82, 2.24) is 5.06 Å². The second-order valence-corrected chi connectivity index (χ2v) is 6.85. The highest BCUT2D eigenvalue weighted by molar-refractivity contribution is 5.67. The van der Waals surface area contributed by atoms with Crippen LogP contribution in [0.25, 0.3) is 0 Å². The zero-order valence-corrected chi connectivity index (χ0v) is 13.5. The Kier molecular flexibility index (Phi) is 3.37. The van der Waals surface area contributed by atoms with Gasteiger partial charge in [0.25, 0.3) is 0 Å². The molecule has 6 heteroatoms. The number of hydroxylamine groups is 2. The van der Waals surface area contributed by atoms with Gasteiger partial charge in [0.1, 0.15) is 24.9 Å². The van der Waals surface area contributed by atoms with E-state index in [0.29, 0.717) is 0 Å². The van der Waals surface area contributed by atoms with Gasteiger partial charge in [-0.15, -0.1) is 0 Å². The molecule has 4 rings (SSSR count). The van der Waals surface area contributed by atoms with Crippen molar-refractivity contribution >= 4 is 6.09 Å². The molecule has 1 aliphatic carbocycles. The lowest BCUT2D eigenvalue weighted by atomic mass is 10.1. The summed E-state index contributed by atoms with van der Waals surface area (Å²) in [6.45, 7) is 6.04. The second-order valence-electron chi connectivity index (χ2n) is 6.85. The monoisotopic (exact) mass is 319 g/mol. The number of carbonyl (C=O) groups is 1. The van der Waals surface area contributed by atoms with Crippen molar-refractivity contribution in [3.05, 3.63) is 35.9 Å². The molecule has 2 aliphatic heterocycles. The molecule has 5 atom stereocenters. The lowest BCUT2D eigenvalue weighted by Crippen LogP contribution is -2.49. The van der Waals surface area contributed by atoms with Gasteiger partial charge >= 0.3 is 6.09 Å². The van der Waals surface area contributed by atoms with E-state index in [1.54, 1.807) is 0 Å². The number of carbonyl (C=O) groups excluding carboxylic acids is 1. The summed E-state index contributed by atoms with van der Waals surface area (Å²) >= 11 is 0. The Labute approximate surface area is 135 Å². The van der Waals surface area contributed by atoms with Gasteiger partial charge in [-0.1, -0.05) is 37.3 Å². The quantitative estimate of drug-likeness (QED) is 0.838. The van der Waals surface area contributed by atoms with Crippen LogP contribution in [0.1, 0.15) is 26.3 Å². The summed E-state index contributed by atoms with van der Waals surface area (Å²) in [5.41, 5.74) is 0.942. The third-order valence-corrected chi connectivity index (χ3v) is 4.77. The minimum Gasteiger partial charge on any atom is -0.443 e. The molecule has 6 nitrogen and oxygen atoms in total. The fraction of sp³-hybridized carbons (Fsp3) is 0.588. The summed E-state index contributed by atoms with van der Waals surface area (Å²) in [4.78, 5) is 18.2. The molecule has 1 aromatic carbocycles. The molecule has 3 aliphatic rings. The van der Waals surface area contributed by atoms with Crippen LogP contribution < -0.4 is 0 Å². The van der Waals surface area contributed by atoms with Crippen LogP contribution >= 0.6 is 0 Å². The number of benzene rings is 1. The zero-order valence-electron chi connectivity index (χ0n) is 13.5. The van der Waals surface area contributed by atoms with Crippen LogP contribution in [-0.4, -0.2) is 41.3 Å². The van der Waals surface area contributed by atoms with Gasteiger partial charge < -0.3 is 14.2 Å². The van der Waals surface area contributed by atoms with Gasteiger partial charge in [0.15, 0.2) is 5.79 Å². The first-order chi connectivity index (χ1) is 11.0. The molecule has 0 aromatic heterocycles. The van der Waals surface area contributed by atoms with Crippen LogP contribution in [0.15, 0.2) is 30.3 Å². The van der Waals surface area contributed by atoms with Crippen LogP contribution in [0, 0.1) is 5.92 Å². The number of rotatable bonds is 2. The highest BCUT2D eigenvalue weighted by Gasteiger charge is 2.66. The van der Waals surface area contributed by atoms with Gasteiger partial charge in [-0.25, -0.2) is 4.79 Å². The van der Waals surface area contributed by atoms with Crippen molar-refractivity contribution < 1.29 is 23.8 Å². The Hall–Kier alpha value is -1.63. The average Bonchev–Trinajstić information content (AvgIpc) is 3.10. The summed E-state index contributed by atoms with van der Waals surface area (Å²) in [6.07, 6.45) is -0.929. The molecule has 1 aromatic rings. The first kappa shape index (κ1) is 14.9. The van der Waals surface area contributed by atoms with E-state index in [1.807, 2.05) is 44.2 Å². The van der Waals surface area contributed by atoms with Crippen molar-refractivity contribution in [2.75, 3.05) is 0 Å². The Morgan fingerprint density at radius 2 is 1.87 bits per heavy atom. The smallest absolute Gasteiger partial charge is 0.434 e. The van der Waals surface area contributed by atoms with E-state index in [4.69, 9.17) is 19.0 Å².